The van der Waals surface area contributed by atoms with Crippen molar-refractivity contribution in [2.45, 2.75) is 12.7 Å². The minimum atomic E-state index is -4.75. The van der Waals surface area contributed by atoms with Crippen molar-refractivity contribution >= 4 is 44.9 Å². The molecule has 0 aliphatic carbocycles. The third-order valence-corrected chi connectivity index (χ3v) is 5.90. The van der Waals surface area contributed by atoms with Gasteiger partial charge in [-0.05, 0) is 36.3 Å². The molecule has 0 saturated heterocycles. The summed E-state index contributed by atoms with van der Waals surface area (Å²) in [6.45, 7) is -0.202. The maximum absolute atomic E-state index is 13.6. The van der Waals surface area contributed by atoms with Crippen LogP contribution in [-0.4, -0.2) is 42.6 Å². The van der Waals surface area contributed by atoms with Gasteiger partial charge < -0.3 is 16.0 Å². The predicted molar refractivity (Wildman–Crippen MR) is 129 cm³/mol. The zero-order valence-corrected chi connectivity index (χ0v) is 19.8. The van der Waals surface area contributed by atoms with Gasteiger partial charge in [-0.15, -0.1) is 6.42 Å². The van der Waals surface area contributed by atoms with Crippen LogP contribution in [0, 0.1) is 12.3 Å². The van der Waals surface area contributed by atoms with E-state index in [1.807, 2.05) is 5.92 Å². The van der Waals surface area contributed by atoms with Gasteiger partial charge in [0.1, 0.15) is 17.2 Å². The molecule has 1 amide bonds. The molecule has 0 bridgehead atoms. The van der Waals surface area contributed by atoms with Crippen molar-refractivity contribution in [3.8, 4) is 12.3 Å². The van der Waals surface area contributed by atoms with Gasteiger partial charge in [0.2, 0.25) is 16.0 Å². The van der Waals surface area contributed by atoms with Crippen LogP contribution in [0.1, 0.15) is 11.1 Å². The van der Waals surface area contributed by atoms with Crippen LogP contribution in [0.2, 0.25) is 0 Å². The third kappa shape index (κ3) is 6.60. The van der Waals surface area contributed by atoms with E-state index < -0.39 is 33.5 Å². The number of amides is 1. The number of terminal acetylenes is 1. The van der Waals surface area contributed by atoms with E-state index in [4.69, 9.17) is 6.42 Å². The highest BCUT2D eigenvalue weighted by Crippen LogP contribution is 2.34. The summed E-state index contributed by atoms with van der Waals surface area (Å²) >= 11 is 0. The Morgan fingerprint density at radius 3 is 2.42 bits per heavy atom. The van der Waals surface area contributed by atoms with E-state index in [2.05, 4.69) is 30.9 Å². The van der Waals surface area contributed by atoms with Crippen LogP contribution in [-0.2, 0) is 27.5 Å². The molecule has 0 atom stereocenters. The lowest BCUT2D eigenvalue weighted by atomic mass is 10.2. The minimum absolute atomic E-state index is 0.0606. The van der Waals surface area contributed by atoms with E-state index in [-0.39, 0.29) is 18.3 Å². The lowest BCUT2D eigenvalue weighted by Crippen LogP contribution is -2.27. The molecular weight excluding hydrogens is 499 g/mol. The summed E-state index contributed by atoms with van der Waals surface area (Å²) in [5, 5.41) is 7.84. The van der Waals surface area contributed by atoms with Gasteiger partial charge in [-0.2, -0.15) is 18.2 Å². The highest BCUT2D eigenvalue weighted by Gasteiger charge is 2.35. The number of aromatic nitrogens is 3. The largest absolute Gasteiger partial charge is 0.421 e. The quantitative estimate of drug-likeness (QED) is 0.387. The van der Waals surface area contributed by atoms with Gasteiger partial charge >= 0.3 is 6.18 Å². The highest BCUT2D eigenvalue weighted by atomic mass is 32.2. The number of alkyl halides is 3. The second kappa shape index (κ2) is 10.5. The molecule has 0 fully saturated rings. The van der Waals surface area contributed by atoms with Crippen LogP contribution in [0.25, 0.3) is 0 Å². The molecule has 10 nitrogen and oxygen atoms in total. The number of pyridine rings is 1. The molecule has 2 heterocycles. The van der Waals surface area contributed by atoms with Gasteiger partial charge in [0.15, 0.2) is 0 Å². The van der Waals surface area contributed by atoms with Crippen LogP contribution in [0.3, 0.4) is 0 Å². The molecule has 1 aromatic carbocycles. The highest BCUT2D eigenvalue weighted by molar-refractivity contribution is 7.92. The number of anilines is 5. The number of carbonyl (C=O) groups is 1. The molecule has 188 valence electrons. The van der Waals surface area contributed by atoms with Crippen molar-refractivity contribution in [2.75, 3.05) is 33.6 Å². The number of rotatable bonds is 8. The van der Waals surface area contributed by atoms with Crippen molar-refractivity contribution in [3.05, 3.63) is 59.9 Å². The molecule has 0 unspecified atom stereocenters. The maximum Gasteiger partial charge on any atom is 0.421 e. The van der Waals surface area contributed by atoms with Gasteiger partial charge in [0, 0.05) is 42.9 Å². The first-order chi connectivity index (χ1) is 16.9. The number of benzene rings is 1. The minimum Gasteiger partial charge on any atom is -0.365 e. The average Bonchev–Trinajstić information content (AvgIpc) is 2.82. The zero-order valence-electron chi connectivity index (χ0n) is 19.0. The van der Waals surface area contributed by atoms with E-state index >= 15 is 0 Å². The number of nitrogens with one attached hydrogen (secondary N) is 3. The molecule has 0 aliphatic heterocycles. The van der Waals surface area contributed by atoms with Crippen LogP contribution in [0.15, 0.2) is 48.8 Å². The van der Waals surface area contributed by atoms with Crippen molar-refractivity contribution in [1.82, 2.24) is 15.0 Å². The molecule has 0 aliphatic rings. The average molecular weight is 520 g/mol. The summed E-state index contributed by atoms with van der Waals surface area (Å²) < 4.78 is 65.5. The zero-order chi connectivity index (χ0) is 26.5. The Morgan fingerprint density at radius 2 is 1.81 bits per heavy atom. The summed E-state index contributed by atoms with van der Waals surface area (Å²) in [7, 11) is -2.36. The first-order valence-corrected chi connectivity index (χ1v) is 11.9. The fourth-order valence-electron chi connectivity index (χ4n) is 2.91. The lowest BCUT2D eigenvalue weighted by molar-refractivity contribution is -0.137. The SMILES string of the molecule is C#CC(=O)Nc1ccc(Nc2ncc(C(F)(F)F)c(NCc3cccnc3N(C)S(C)(=O)=O)n2)cc1. The number of sulfonamides is 1. The van der Waals surface area contributed by atoms with E-state index in [1.54, 1.807) is 12.1 Å². The second-order valence-electron chi connectivity index (χ2n) is 7.32. The van der Waals surface area contributed by atoms with Crippen molar-refractivity contribution in [1.29, 1.82) is 0 Å². The fourth-order valence-corrected chi connectivity index (χ4v) is 3.38. The summed E-state index contributed by atoms with van der Waals surface area (Å²) in [5.41, 5.74) is 0.0767. The Bertz CT molecular complexity index is 1410. The molecule has 0 saturated carbocycles. The van der Waals surface area contributed by atoms with Gasteiger partial charge in [-0.25, -0.2) is 18.4 Å². The molecule has 0 spiro atoms. The number of nitrogens with zero attached hydrogens (tertiary/aromatic N) is 4. The predicted octanol–water partition coefficient (Wildman–Crippen LogP) is 3.21. The molecule has 14 heteroatoms. The monoisotopic (exact) mass is 519 g/mol. The fraction of sp³-hybridized carbons (Fsp3) is 0.182. The Labute approximate surface area is 205 Å². The molecule has 3 rings (SSSR count). The number of halogens is 3. The molecule has 0 radical (unpaired) electrons. The summed E-state index contributed by atoms with van der Waals surface area (Å²) in [6, 6.07) is 9.22. The summed E-state index contributed by atoms with van der Waals surface area (Å²) in [6.07, 6.45) is 3.24. The number of carbonyl (C=O) groups excluding carboxylic acids is 1. The smallest absolute Gasteiger partial charge is 0.365 e. The van der Waals surface area contributed by atoms with E-state index in [0.29, 0.717) is 23.1 Å². The summed E-state index contributed by atoms with van der Waals surface area (Å²) in [5.74, 6) is 0.692. The normalized spacial score (nSPS) is 11.3. The van der Waals surface area contributed by atoms with Crippen LogP contribution in [0.4, 0.5) is 42.1 Å². The first-order valence-electron chi connectivity index (χ1n) is 10.1. The van der Waals surface area contributed by atoms with Gasteiger partial charge in [-0.1, -0.05) is 6.07 Å². The standard InChI is InChI=1S/C22H20F3N7O3S/c1-4-18(33)29-15-7-9-16(10-8-15)30-21-28-13-17(22(23,24)25)19(31-21)27-12-14-6-5-11-26-20(14)32(2)36(3,34)35/h1,5-11,13H,12H2,2-3H3,(H,29,33)(H2,27,28,30,31). The Morgan fingerprint density at radius 1 is 1.14 bits per heavy atom. The van der Waals surface area contributed by atoms with E-state index in [1.165, 1.54) is 37.5 Å². The Balaban J connectivity index is 1.85. The maximum atomic E-state index is 13.6. The third-order valence-electron chi connectivity index (χ3n) is 4.73. The van der Waals surface area contributed by atoms with Crippen LogP contribution >= 0.6 is 0 Å². The van der Waals surface area contributed by atoms with Crippen molar-refractivity contribution in [3.63, 3.8) is 0 Å². The van der Waals surface area contributed by atoms with Gasteiger partial charge in [0.25, 0.3) is 5.91 Å². The second-order valence-corrected chi connectivity index (χ2v) is 9.34. The number of hydrogen-bond donors (Lipinski definition) is 3. The first kappa shape index (κ1) is 26.2. The Hall–Kier alpha value is -4.38. The lowest BCUT2D eigenvalue weighted by Gasteiger charge is -2.20. The molecule has 36 heavy (non-hydrogen) atoms. The summed E-state index contributed by atoms with van der Waals surface area (Å²) in [4.78, 5) is 23.0. The number of hydrogen-bond acceptors (Lipinski definition) is 8. The van der Waals surface area contributed by atoms with Crippen molar-refractivity contribution < 1.29 is 26.4 Å². The molecular formula is C22H20F3N7O3S. The van der Waals surface area contributed by atoms with E-state index in [0.717, 1.165) is 10.6 Å². The molecule has 3 N–H and O–H groups in total. The van der Waals surface area contributed by atoms with Crippen molar-refractivity contribution in [2.24, 2.45) is 0 Å². The van der Waals surface area contributed by atoms with Crippen LogP contribution in [0.5, 0.6) is 0 Å². The topological polar surface area (TPSA) is 129 Å². The molecule has 2 aromatic heterocycles. The van der Waals surface area contributed by atoms with Gasteiger partial charge in [-0.3, -0.25) is 9.10 Å². The Kier molecular flexibility index (Phi) is 7.64. The molecule has 3 aromatic rings. The van der Waals surface area contributed by atoms with Gasteiger partial charge in [0.05, 0.1) is 6.26 Å². The van der Waals surface area contributed by atoms with Crippen LogP contribution < -0.4 is 20.3 Å². The van der Waals surface area contributed by atoms with E-state index in [9.17, 15) is 26.4 Å².